The van der Waals surface area contributed by atoms with Crippen molar-refractivity contribution in [3.63, 3.8) is 0 Å². The molecule has 0 bridgehead atoms. The van der Waals surface area contributed by atoms with Gasteiger partial charge >= 0.3 is 0 Å². The van der Waals surface area contributed by atoms with Crippen LogP contribution in [0.3, 0.4) is 0 Å². The van der Waals surface area contributed by atoms with Gasteiger partial charge in [0.25, 0.3) is 0 Å². The molecule has 0 aliphatic carbocycles. The Morgan fingerprint density at radius 2 is 0.900 bits per heavy atom. The van der Waals surface area contributed by atoms with E-state index in [0.717, 1.165) is 11.2 Å². The number of furan rings is 1. The Kier molecular flexibility index (Phi) is 5.89. The first-order chi connectivity index (χ1) is 24.8. The van der Waals surface area contributed by atoms with Gasteiger partial charge in [0.05, 0.1) is 0 Å². The minimum atomic E-state index is 0.931. The molecule has 11 rings (SSSR count). The second-order valence-corrected chi connectivity index (χ2v) is 14.2. The fourth-order valence-electron chi connectivity index (χ4n) is 8.34. The van der Waals surface area contributed by atoms with Crippen LogP contribution in [-0.4, -0.2) is 0 Å². The lowest BCUT2D eigenvalue weighted by atomic mass is 9.85. The summed E-state index contributed by atoms with van der Waals surface area (Å²) in [4.78, 5) is 0. The van der Waals surface area contributed by atoms with Gasteiger partial charge in [-0.1, -0.05) is 140 Å². The van der Waals surface area contributed by atoms with Crippen molar-refractivity contribution in [3.8, 4) is 33.4 Å². The van der Waals surface area contributed by atoms with Gasteiger partial charge in [0.1, 0.15) is 11.2 Å². The second-order valence-electron chi connectivity index (χ2n) is 13.1. The molecule has 9 aromatic carbocycles. The standard InChI is InChI=1S/C48H28OS/c1-2-13-29(14-3-1)44-33-18-5-7-20-35(33)45(36-21-8-6-19-34(36)44)31-16-12-15-30(27-31)39-28-40-47-43(50-48(40)37-22-9-4-17-32(37)39)26-25-42-46(47)38-23-10-11-24-41(38)49-42/h1-28H. The highest BCUT2D eigenvalue weighted by molar-refractivity contribution is 7.27. The Morgan fingerprint density at radius 1 is 0.340 bits per heavy atom. The zero-order valence-corrected chi connectivity index (χ0v) is 27.8. The lowest BCUT2D eigenvalue weighted by Gasteiger charge is -2.18. The van der Waals surface area contributed by atoms with E-state index in [-0.39, 0.29) is 0 Å². The maximum absolute atomic E-state index is 6.36. The molecule has 232 valence electrons. The molecule has 0 saturated heterocycles. The first-order valence-electron chi connectivity index (χ1n) is 17.1. The van der Waals surface area contributed by atoms with Crippen molar-refractivity contribution in [2.45, 2.75) is 0 Å². The summed E-state index contributed by atoms with van der Waals surface area (Å²) in [6.45, 7) is 0. The van der Waals surface area contributed by atoms with Gasteiger partial charge in [-0.15, -0.1) is 11.3 Å². The van der Waals surface area contributed by atoms with Crippen molar-refractivity contribution < 1.29 is 4.42 Å². The molecular weight excluding hydrogens is 625 g/mol. The Labute approximate surface area is 292 Å². The molecule has 0 spiro atoms. The summed E-state index contributed by atoms with van der Waals surface area (Å²) >= 11 is 1.88. The van der Waals surface area contributed by atoms with E-state index in [0.29, 0.717) is 0 Å². The van der Waals surface area contributed by atoms with E-state index in [9.17, 15) is 0 Å². The van der Waals surface area contributed by atoms with Crippen molar-refractivity contribution >= 4 is 85.8 Å². The second kappa shape index (κ2) is 10.6. The molecule has 0 atom stereocenters. The van der Waals surface area contributed by atoms with Gasteiger partial charge < -0.3 is 4.42 Å². The third-order valence-electron chi connectivity index (χ3n) is 10.4. The van der Waals surface area contributed by atoms with Crippen molar-refractivity contribution in [2.24, 2.45) is 0 Å². The van der Waals surface area contributed by atoms with E-state index in [1.54, 1.807) is 0 Å². The van der Waals surface area contributed by atoms with Gasteiger partial charge in [-0.3, -0.25) is 0 Å². The number of hydrogen-bond acceptors (Lipinski definition) is 2. The lowest BCUT2D eigenvalue weighted by molar-refractivity contribution is 0.669. The van der Waals surface area contributed by atoms with Crippen LogP contribution in [0.25, 0.3) is 108 Å². The molecule has 0 amide bonds. The average Bonchev–Trinajstić information content (AvgIpc) is 3.75. The molecule has 0 aliphatic rings. The van der Waals surface area contributed by atoms with Crippen LogP contribution in [0.15, 0.2) is 174 Å². The molecule has 50 heavy (non-hydrogen) atoms. The van der Waals surface area contributed by atoms with Crippen LogP contribution in [0.2, 0.25) is 0 Å². The van der Waals surface area contributed by atoms with E-state index < -0.39 is 0 Å². The van der Waals surface area contributed by atoms with E-state index in [2.05, 4.69) is 164 Å². The normalized spacial score (nSPS) is 12.0. The van der Waals surface area contributed by atoms with Crippen LogP contribution >= 0.6 is 11.3 Å². The van der Waals surface area contributed by atoms with Crippen LogP contribution in [-0.2, 0) is 0 Å². The van der Waals surface area contributed by atoms with Gasteiger partial charge in [-0.05, 0) is 90.6 Å². The first kappa shape index (κ1) is 27.7. The highest BCUT2D eigenvalue weighted by Gasteiger charge is 2.20. The molecule has 0 fully saturated rings. The number of thiophene rings is 1. The molecule has 1 nitrogen and oxygen atoms in total. The van der Waals surface area contributed by atoms with Crippen LogP contribution in [0, 0.1) is 0 Å². The third kappa shape index (κ3) is 3.94. The van der Waals surface area contributed by atoms with E-state index in [1.165, 1.54) is 96.6 Å². The lowest BCUT2D eigenvalue weighted by Crippen LogP contribution is -1.91. The first-order valence-corrected chi connectivity index (χ1v) is 17.9. The zero-order valence-electron chi connectivity index (χ0n) is 27.0. The Balaban J connectivity index is 1.21. The maximum Gasteiger partial charge on any atom is 0.136 e. The molecule has 0 aliphatic heterocycles. The smallest absolute Gasteiger partial charge is 0.136 e. The van der Waals surface area contributed by atoms with Gasteiger partial charge in [-0.25, -0.2) is 0 Å². The summed E-state index contributed by atoms with van der Waals surface area (Å²) < 4.78 is 8.96. The molecule has 2 heterocycles. The van der Waals surface area contributed by atoms with Gasteiger partial charge in [0.2, 0.25) is 0 Å². The van der Waals surface area contributed by atoms with Crippen LogP contribution in [0.1, 0.15) is 0 Å². The molecule has 11 aromatic rings. The number of hydrogen-bond donors (Lipinski definition) is 0. The van der Waals surface area contributed by atoms with E-state index >= 15 is 0 Å². The molecule has 0 radical (unpaired) electrons. The number of benzene rings is 9. The monoisotopic (exact) mass is 652 g/mol. The predicted molar refractivity (Wildman–Crippen MR) is 215 cm³/mol. The Bertz CT molecular complexity index is 3090. The molecule has 0 saturated carbocycles. The number of para-hydroxylation sites is 1. The molecule has 0 N–H and O–H groups in total. The fourth-order valence-corrected chi connectivity index (χ4v) is 9.57. The summed E-state index contributed by atoms with van der Waals surface area (Å²) in [6, 6.07) is 61.9. The third-order valence-corrected chi connectivity index (χ3v) is 11.6. The Hall–Kier alpha value is -6.22. The minimum Gasteiger partial charge on any atom is -0.456 e. The maximum atomic E-state index is 6.36. The van der Waals surface area contributed by atoms with Crippen molar-refractivity contribution in [3.05, 3.63) is 170 Å². The van der Waals surface area contributed by atoms with Crippen LogP contribution < -0.4 is 0 Å². The molecule has 2 aromatic heterocycles. The number of fused-ring (bicyclic) bond motifs is 11. The van der Waals surface area contributed by atoms with Crippen molar-refractivity contribution in [2.75, 3.05) is 0 Å². The zero-order chi connectivity index (χ0) is 32.8. The quantitative estimate of drug-likeness (QED) is 0.173. The van der Waals surface area contributed by atoms with Crippen LogP contribution in [0.4, 0.5) is 0 Å². The van der Waals surface area contributed by atoms with E-state index in [4.69, 9.17) is 4.42 Å². The minimum absolute atomic E-state index is 0.931. The fraction of sp³-hybridized carbons (Fsp3) is 0. The van der Waals surface area contributed by atoms with Crippen molar-refractivity contribution in [1.82, 2.24) is 0 Å². The van der Waals surface area contributed by atoms with E-state index in [1.807, 2.05) is 17.4 Å². The van der Waals surface area contributed by atoms with Gasteiger partial charge in [0, 0.05) is 36.3 Å². The summed E-state index contributed by atoms with van der Waals surface area (Å²) in [7, 11) is 0. The summed E-state index contributed by atoms with van der Waals surface area (Å²) in [5.74, 6) is 0. The van der Waals surface area contributed by atoms with Crippen LogP contribution in [0.5, 0.6) is 0 Å². The molecule has 2 heteroatoms. The van der Waals surface area contributed by atoms with Gasteiger partial charge in [0.15, 0.2) is 0 Å². The summed E-state index contributed by atoms with van der Waals surface area (Å²) in [6.07, 6.45) is 0. The summed E-state index contributed by atoms with van der Waals surface area (Å²) in [5, 5.41) is 12.6. The molecular formula is C48H28OS. The highest BCUT2D eigenvalue weighted by Crippen LogP contribution is 2.48. The highest BCUT2D eigenvalue weighted by atomic mass is 32.1. The predicted octanol–water partition coefficient (Wildman–Crippen LogP) is 14.4. The van der Waals surface area contributed by atoms with Gasteiger partial charge in [-0.2, -0.15) is 0 Å². The number of rotatable bonds is 3. The average molecular weight is 653 g/mol. The largest absolute Gasteiger partial charge is 0.456 e. The van der Waals surface area contributed by atoms with Crippen molar-refractivity contribution in [1.29, 1.82) is 0 Å². The summed E-state index contributed by atoms with van der Waals surface area (Å²) in [5.41, 5.74) is 9.35. The molecule has 0 unspecified atom stereocenters. The topological polar surface area (TPSA) is 13.1 Å². The SMILES string of the molecule is c1ccc(-c2c3ccccc3c(-c3cccc(-c4cc5c(sc6ccc7oc8ccccc8c7c65)c5ccccc45)c3)c3ccccc23)cc1. The Morgan fingerprint density at radius 3 is 1.62 bits per heavy atom.